The molecule has 0 unspecified atom stereocenters. The van der Waals surface area contributed by atoms with E-state index in [0.29, 0.717) is 5.82 Å². The number of rotatable bonds is 2. The third-order valence-electron chi connectivity index (χ3n) is 3.79. The fourth-order valence-electron chi connectivity index (χ4n) is 2.66. The smallest absolute Gasteiger partial charge is 0.153 e. The third kappa shape index (κ3) is 2.42. The summed E-state index contributed by atoms with van der Waals surface area (Å²) in [5, 5.41) is 7.30. The summed E-state index contributed by atoms with van der Waals surface area (Å²) < 4.78 is 0. The Morgan fingerprint density at radius 2 is 1.57 bits per heavy atom. The number of aryl methyl sites for hydroxylation is 3. The molecule has 2 aromatic carbocycles. The normalized spacial score (nSPS) is 10.8. The van der Waals surface area contributed by atoms with E-state index in [9.17, 15) is 0 Å². The minimum Gasteiger partial charge on any atom is -0.382 e. The molecule has 3 N–H and O–H groups in total. The zero-order chi connectivity index (χ0) is 15.0. The van der Waals surface area contributed by atoms with Crippen molar-refractivity contribution in [2.45, 2.75) is 20.8 Å². The molecule has 0 atom stereocenters. The molecular weight excluding hydrogens is 258 g/mol. The fraction of sp³-hybridized carbons (Fsp3) is 0.167. The Kier molecular flexibility index (Phi) is 3.26. The Hall–Kier alpha value is -2.55. The van der Waals surface area contributed by atoms with Gasteiger partial charge in [0.05, 0.1) is 11.3 Å². The molecule has 0 aliphatic rings. The number of H-pyrrole nitrogens is 1. The number of aromatic amines is 1. The highest BCUT2D eigenvalue weighted by Gasteiger charge is 2.16. The second kappa shape index (κ2) is 5.09. The van der Waals surface area contributed by atoms with Crippen molar-refractivity contribution in [3.63, 3.8) is 0 Å². The van der Waals surface area contributed by atoms with Crippen molar-refractivity contribution in [3.05, 3.63) is 59.2 Å². The summed E-state index contributed by atoms with van der Waals surface area (Å²) in [7, 11) is 0. The molecule has 0 spiro atoms. The summed E-state index contributed by atoms with van der Waals surface area (Å²) in [4.78, 5) is 0. The molecule has 0 aliphatic heterocycles. The van der Waals surface area contributed by atoms with Crippen LogP contribution in [0, 0.1) is 20.8 Å². The summed E-state index contributed by atoms with van der Waals surface area (Å²) in [6.45, 7) is 6.28. The van der Waals surface area contributed by atoms with Gasteiger partial charge in [0.25, 0.3) is 0 Å². The van der Waals surface area contributed by atoms with E-state index in [1.807, 2.05) is 0 Å². The number of benzene rings is 2. The molecule has 0 bridgehead atoms. The number of nitrogen functional groups attached to an aromatic ring is 1. The van der Waals surface area contributed by atoms with E-state index in [1.165, 1.54) is 16.7 Å². The molecule has 21 heavy (non-hydrogen) atoms. The molecule has 1 aromatic heterocycles. The monoisotopic (exact) mass is 277 g/mol. The Labute approximate surface area is 124 Å². The molecule has 0 radical (unpaired) electrons. The van der Waals surface area contributed by atoms with Gasteiger partial charge >= 0.3 is 0 Å². The predicted molar refractivity (Wildman–Crippen MR) is 88.1 cm³/mol. The zero-order valence-corrected chi connectivity index (χ0v) is 12.6. The summed E-state index contributed by atoms with van der Waals surface area (Å²) in [6.07, 6.45) is 0. The van der Waals surface area contributed by atoms with E-state index in [2.05, 4.69) is 73.4 Å². The van der Waals surface area contributed by atoms with E-state index in [4.69, 9.17) is 5.73 Å². The van der Waals surface area contributed by atoms with Gasteiger partial charge in [-0.05, 0) is 31.9 Å². The highest BCUT2D eigenvalue weighted by molar-refractivity contribution is 5.88. The third-order valence-corrected chi connectivity index (χ3v) is 3.79. The van der Waals surface area contributed by atoms with Gasteiger partial charge in [-0.25, -0.2) is 0 Å². The minimum absolute atomic E-state index is 0.536. The van der Waals surface area contributed by atoms with Crippen LogP contribution < -0.4 is 5.73 Å². The molecule has 3 heteroatoms. The van der Waals surface area contributed by atoms with Crippen LogP contribution in [0.25, 0.3) is 22.4 Å². The van der Waals surface area contributed by atoms with Gasteiger partial charge in [0.2, 0.25) is 0 Å². The van der Waals surface area contributed by atoms with Crippen molar-refractivity contribution in [2.75, 3.05) is 5.73 Å². The average Bonchev–Trinajstić information content (AvgIpc) is 2.82. The molecule has 3 nitrogen and oxygen atoms in total. The van der Waals surface area contributed by atoms with Gasteiger partial charge in [-0.3, -0.25) is 5.10 Å². The van der Waals surface area contributed by atoms with Crippen LogP contribution in [0.3, 0.4) is 0 Å². The van der Waals surface area contributed by atoms with Crippen LogP contribution >= 0.6 is 0 Å². The Bertz CT molecular complexity index is 783. The average molecular weight is 277 g/mol. The van der Waals surface area contributed by atoms with Crippen molar-refractivity contribution in [2.24, 2.45) is 0 Å². The van der Waals surface area contributed by atoms with Crippen molar-refractivity contribution in [1.29, 1.82) is 0 Å². The number of nitrogens with two attached hydrogens (primary N) is 1. The highest BCUT2D eigenvalue weighted by Crippen LogP contribution is 2.36. The molecule has 3 rings (SSSR count). The summed E-state index contributed by atoms with van der Waals surface area (Å²) in [5.41, 5.74) is 14.0. The lowest BCUT2D eigenvalue weighted by Gasteiger charge is -2.09. The molecule has 0 aliphatic carbocycles. The number of nitrogens with one attached hydrogen (secondary N) is 1. The first kappa shape index (κ1) is 13.4. The quantitative estimate of drug-likeness (QED) is 0.735. The Morgan fingerprint density at radius 1 is 0.905 bits per heavy atom. The van der Waals surface area contributed by atoms with Crippen molar-refractivity contribution >= 4 is 5.82 Å². The largest absolute Gasteiger partial charge is 0.382 e. The summed E-state index contributed by atoms with van der Waals surface area (Å²) in [5.74, 6) is 0.536. The first-order chi connectivity index (χ1) is 10.1. The number of nitrogens with zero attached hydrogens (tertiary/aromatic N) is 1. The standard InChI is InChI=1S/C18H19N3/c1-11-4-7-14(8-5-11)16-17(20-21-18(16)19)15-9-6-12(2)10-13(15)3/h4-10H,1-3H3,(H3,19,20,21). The van der Waals surface area contributed by atoms with Crippen molar-refractivity contribution < 1.29 is 0 Å². The predicted octanol–water partition coefficient (Wildman–Crippen LogP) is 4.25. The van der Waals surface area contributed by atoms with E-state index in [1.54, 1.807) is 0 Å². The van der Waals surface area contributed by atoms with Crippen LogP contribution in [0.5, 0.6) is 0 Å². The molecule has 0 amide bonds. The lowest BCUT2D eigenvalue weighted by molar-refractivity contribution is 1.10. The van der Waals surface area contributed by atoms with Crippen LogP contribution in [0.1, 0.15) is 16.7 Å². The second-order valence-corrected chi connectivity index (χ2v) is 5.54. The summed E-state index contributed by atoms with van der Waals surface area (Å²) in [6, 6.07) is 14.8. The number of aromatic nitrogens is 2. The van der Waals surface area contributed by atoms with E-state index < -0.39 is 0 Å². The first-order valence-electron chi connectivity index (χ1n) is 7.05. The van der Waals surface area contributed by atoms with Gasteiger partial charge in [0, 0.05) is 5.56 Å². The molecule has 0 fully saturated rings. The van der Waals surface area contributed by atoms with Crippen molar-refractivity contribution in [3.8, 4) is 22.4 Å². The summed E-state index contributed by atoms with van der Waals surface area (Å²) >= 11 is 0. The minimum atomic E-state index is 0.536. The van der Waals surface area contributed by atoms with E-state index in [-0.39, 0.29) is 0 Å². The van der Waals surface area contributed by atoms with Crippen LogP contribution in [0.2, 0.25) is 0 Å². The molecule has 0 saturated heterocycles. The maximum Gasteiger partial charge on any atom is 0.153 e. The molecule has 0 saturated carbocycles. The first-order valence-corrected chi connectivity index (χ1v) is 7.05. The van der Waals surface area contributed by atoms with Crippen LogP contribution in [-0.4, -0.2) is 10.2 Å². The van der Waals surface area contributed by atoms with Gasteiger partial charge in [-0.2, -0.15) is 5.10 Å². The SMILES string of the molecule is Cc1ccc(-c2c(N)n[nH]c2-c2ccc(C)cc2C)cc1. The maximum atomic E-state index is 6.09. The fourth-order valence-corrected chi connectivity index (χ4v) is 2.66. The van der Waals surface area contributed by atoms with Gasteiger partial charge in [-0.1, -0.05) is 53.6 Å². The number of hydrogen-bond donors (Lipinski definition) is 2. The molecule has 1 heterocycles. The number of anilines is 1. The second-order valence-electron chi connectivity index (χ2n) is 5.54. The Balaban J connectivity index is 2.19. The van der Waals surface area contributed by atoms with Gasteiger partial charge in [0.15, 0.2) is 5.82 Å². The van der Waals surface area contributed by atoms with Gasteiger partial charge in [-0.15, -0.1) is 0 Å². The van der Waals surface area contributed by atoms with Gasteiger partial charge in [0.1, 0.15) is 0 Å². The molecule has 3 aromatic rings. The van der Waals surface area contributed by atoms with Crippen molar-refractivity contribution in [1.82, 2.24) is 10.2 Å². The zero-order valence-electron chi connectivity index (χ0n) is 12.6. The van der Waals surface area contributed by atoms with Crippen LogP contribution in [-0.2, 0) is 0 Å². The highest BCUT2D eigenvalue weighted by atomic mass is 15.2. The topological polar surface area (TPSA) is 54.7 Å². The Morgan fingerprint density at radius 3 is 2.24 bits per heavy atom. The number of hydrogen-bond acceptors (Lipinski definition) is 2. The van der Waals surface area contributed by atoms with Crippen LogP contribution in [0.15, 0.2) is 42.5 Å². The lowest BCUT2D eigenvalue weighted by atomic mass is 9.96. The van der Waals surface area contributed by atoms with Crippen LogP contribution in [0.4, 0.5) is 5.82 Å². The maximum absolute atomic E-state index is 6.09. The van der Waals surface area contributed by atoms with E-state index in [0.717, 1.165) is 22.4 Å². The van der Waals surface area contributed by atoms with Gasteiger partial charge < -0.3 is 5.73 Å². The lowest BCUT2D eigenvalue weighted by Crippen LogP contribution is -1.90. The molecule has 106 valence electrons. The molecular formula is C18H19N3. The van der Waals surface area contributed by atoms with E-state index >= 15 is 0 Å².